The van der Waals surface area contributed by atoms with Crippen molar-refractivity contribution in [3.8, 4) is 52.2 Å². The number of hydrogen-bond donors (Lipinski definition) is 1. The van der Waals surface area contributed by atoms with Crippen LogP contribution in [-0.2, 0) is 0 Å². The summed E-state index contributed by atoms with van der Waals surface area (Å²) in [7, 11) is 0. The first kappa shape index (κ1) is 22.4. The van der Waals surface area contributed by atoms with Crippen LogP contribution < -0.4 is 15.2 Å². The van der Waals surface area contributed by atoms with Crippen LogP contribution in [0.3, 0.4) is 0 Å². The van der Waals surface area contributed by atoms with E-state index in [9.17, 15) is 0 Å². The predicted octanol–water partition coefficient (Wildman–Crippen LogP) is 4.71. The van der Waals surface area contributed by atoms with E-state index in [0.717, 1.165) is 5.69 Å². The molecule has 5 heterocycles. The molecule has 37 heavy (non-hydrogen) atoms. The molecule has 182 valence electrons. The number of aryl methyl sites for hydroxylation is 1. The number of fused-ring (bicyclic) bond motifs is 5. The molecule has 0 saturated heterocycles. The van der Waals surface area contributed by atoms with Gasteiger partial charge >= 0.3 is 6.01 Å². The normalized spacial score (nSPS) is 14.3. The van der Waals surface area contributed by atoms with Gasteiger partial charge in [-0.05, 0) is 37.6 Å². The van der Waals surface area contributed by atoms with Crippen LogP contribution in [-0.4, -0.2) is 36.1 Å². The number of nitrogens with zero attached hydrogens (tertiary/aromatic N) is 6. The van der Waals surface area contributed by atoms with E-state index < -0.39 is 5.82 Å². The average Bonchev–Trinajstić information content (AvgIpc) is 3.17. The van der Waals surface area contributed by atoms with E-state index in [-0.39, 0.29) is 23.6 Å². The zero-order valence-electron chi connectivity index (χ0n) is 19.9. The van der Waals surface area contributed by atoms with Gasteiger partial charge < -0.3 is 19.8 Å². The maximum absolute atomic E-state index is 15.4. The molecule has 0 aliphatic carbocycles. The molecule has 0 saturated carbocycles. The largest absolute Gasteiger partial charge is 0.491 e. The molecule has 0 fully saturated rings. The Morgan fingerprint density at radius 2 is 2.05 bits per heavy atom. The molecule has 1 aromatic carbocycles. The molecular formula is C27H20FN7O2. The first-order valence-corrected chi connectivity index (χ1v) is 11.5. The molecule has 0 bridgehead atoms. The molecule has 6 rings (SSSR count). The summed E-state index contributed by atoms with van der Waals surface area (Å²) in [5, 5.41) is 0.605. The number of ether oxygens (including phenoxy) is 2. The fourth-order valence-electron chi connectivity index (χ4n) is 4.54. The lowest BCUT2D eigenvalue weighted by atomic mass is 9.98. The second kappa shape index (κ2) is 8.57. The summed E-state index contributed by atoms with van der Waals surface area (Å²) in [6.45, 7) is 4.17. The van der Waals surface area contributed by atoms with Gasteiger partial charge in [0.25, 0.3) is 0 Å². The summed E-state index contributed by atoms with van der Waals surface area (Å²) in [6.07, 6.45) is 10.2. The number of halogens is 1. The zero-order chi connectivity index (χ0) is 25.7. The number of benzene rings is 1. The van der Waals surface area contributed by atoms with E-state index in [2.05, 4.69) is 30.8 Å². The fourth-order valence-corrected chi connectivity index (χ4v) is 4.54. The lowest BCUT2D eigenvalue weighted by Crippen LogP contribution is -2.13. The van der Waals surface area contributed by atoms with Gasteiger partial charge in [-0.25, -0.2) is 29.3 Å². The molecule has 1 aliphatic rings. The van der Waals surface area contributed by atoms with Crippen LogP contribution >= 0.6 is 0 Å². The molecule has 1 aliphatic heterocycles. The molecule has 0 amide bonds. The Hall–Kier alpha value is -5.04. The molecule has 1 atom stereocenters. The van der Waals surface area contributed by atoms with Crippen molar-refractivity contribution >= 4 is 16.9 Å². The van der Waals surface area contributed by atoms with E-state index in [1.807, 2.05) is 11.5 Å². The number of hydrogen-bond acceptors (Lipinski definition) is 8. The van der Waals surface area contributed by atoms with Gasteiger partial charge in [0.1, 0.15) is 35.8 Å². The number of terminal acetylenes is 1. The van der Waals surface area contributed by atoms with Gasteiger partial charge in [0, 0.05) is 29.7 Å². The van der Waals surface area contributed by atoms with Crippen molar-refractivity contribution in [1.82, 2.24) is 29.5 Å². The second-order valence-corrected chi connectivity index (χ2v) is 8.65. The van der Waals surface area contributed by atoms with Crippen LogP contribution in [0.5, 0.6) is 17.5 Å². The molecule has 5 aromatic rings. The summed E-state index contributed by atoms with van der Waals surface area (Å²) in [6, 6.07) is 8.03. The van der Waals surface area contributed by atoms with Crippen molar-refractivity contribution in [3.63, 3.8) is 0 Å². The van der Waals surface area contributed by atoms with E-state index >= 15 is 4.39 Å². The molecule has 0 spiro atoms. The Morgan fingerprint density at radius 1 is 1.19 bits per heavy atom. The quantitative estimate of drug-likeness (QED) is 0.360. The zero-order valence-corrected chi connectivity index (χ0v) is 19.9. The SMILES string of the molecule is C#Cc1cc2c(cn1)-c1c(-c3ccc(Oc4nccc(C)n4)c(F)c3)c3c(N)ncnc3n1[C@@H](C)CO2. The highest BCUT2D eigenvalue weighted by Crippen LogP contribution is 2.48. The average molecular weight is 494 g/mol. The van der Waals surface area contributed by atoms with Crippen molar-refractivity contribution in [2.24, 2.45) is 0 Å². The number of rotatable bonds is 3. The van der Waals surface area contributed by atoms with Gasteiger partial charge in [0.2, 0.25) is 0 Å². The minimum absolute atomic E-state index is 0.00870. The lowest BCUT2D eigenvalue weighted by molar-refractivity contribution is 0.271. The van der Waals surface area contributed by atoms with Crippen LogP contribution in [0, 0.1) is 25.1 Å². The molecule has 2 N–H and O–H groups in total. The highest BCUT2D eigenvalue weighted by atomic mass is 19.1. The van der Waals surface area contributed by atoms with Gasteiger partial charge in [-0.2, -0.15) is 0 Å². The van der Waals surface area contributed by atoms with E-state index in [1.165, 1.54) is 18.5 Å². The summed E-state index contributed by atoms with van der Waals surface area (Å²) in [5.74, 6) is 2.78. The van der Waals surface area contributed by atoms with Crippen molar-refractivity contribution in [2.75, 3.05) is 12.3 Å². The van der Waals surface area contributed by atoms with Gasteiger partial charge in [0.05, 0.1) is 22.7 Å². The predicted molar refractivity (Wildman–Crippen MR) is 136 cm³/mol. The topological polar surface area (TPSA) is 114 Å². The highest BCUT2D eigenvalue weighted by molar-refractivity contribution is 6.08. The Bertz CT molecular complexity index is 1740. The van der Waals surface area contributed by atoms with Crippen LogP contribution in [0.25, 0.3) is 33.4 Å². The monoisotopic (exact) mass is 493 g/mol. The first-order valence-electron chi connectivity index (χ1n) is 11.5. The third-order valence-electron chi connectivity index (χ3n) is 6.20. The fraction of sp³-hybridized carbons (Fsp3) is 0.148. The number of nitrogen functional groups attached to an aromatic ring is 1. The maximum Gasteiger partial charge on any atom is 0.322 e. The van der Waals surface area contributed by atoms with Gasteiger partial charge in [-0.1, -0.05) is 12.0 Å². The summed E-state index contributed by atoms with van der Waals surface area (Å²) < 4.78 is 29.1. The van der Waals surface area contributed by atoms with Crippen molar-refractivity contribution in [2.45, 2.75) is 19.9 Å². The second-order valence-electron chi connectivity index (χ2n) is 8.65. The van der Waals surface area contributed by atoms with Crippen molar-refractivity contribution in [3.05, 3.63) is 66.3 Å². The Kier molecular flexibility index (Phi) is 5.19. The highest BCUT2D eigenvalue weighted by Gasteiger charge is 2.30. The van der Waals surface area contributed by atoms with Gasteiger partial charge in [-0.15, -0.1) is 6.42 Å². The minimum Gasteiger partial charge on any atom is -0.491 e. The van der Waals surface area contributed by atoms with Crippen LogP contribution in [0.2, 0.25) is 0 Å². The molecule has 4 aromatic heterocycles. The smallest absolute Gasteiger partial charge is 0.322 e. The summed E-state index contributed by atoms with van der Waals surface area (Å²) in [5.41, 5.74) is 10.7. The Balaban J connectivity index is 1.59. The third-order valence-corrected chi connectivity index (χ3v) is 6.20. The van der Waals surface area contributed by atoms with Gasteiger partial charge in [0.15, 0.2) is 11.6 Å². The van der Waals surface area contributed by atoms with Crippen molar-refractivity contribution in [1.29, 1.82) is 0 Å². The number of pyridine rings is 1. The maximum atomic E-state index is 15.4. The van der Waals surface area contributed by atoms with Gasteiger partial charge in [-0.3, -0.25) is 0 Å². The van der Waals surface area contributed by atoms with E-state index in [4.69, 9.17) is 21.6 Å². The number of nitrogens with two attached hydrogens (primary N) is 1. The molecular weight excluding hydrogens is 473 g/mol. The molecule has 0 unspecified atom stereocenters. The summed E-state index contributed by atoms with van der Waals surface area (Å²) >= 11 is 0. The van der Waals surface area contributed by atoms with Crippen LogP contribution in [0.15, 0.2) is 49.1 Å². The van der Waals surface area contributed by atoms with Crippen LogP contribution in [0.4, 0.5) is 10.2 Å². The lowest BCUT2D eigenvalue weighted by Gasteiger charge is -2.14. The van der Waals surface area contributed by atoms with E-state index in [1.54, 1.807) is 37.5 Å². The van der Waals surface area contributed by atoms with Crippen molar-refractivity contribution < 1.29 is 13.9 Å². The molecule has 9 nitrogen and oxygen atoms in total. The Labute approximate surface area is 211 Å². The standard InChI is InChI=1S/C27H20FN7O2/c1-4-17-10-21-18(11-31-17)24-22(23-25(29)32-13-33-26(23)35(24)15(3)12-36-21)16-5-6-20(19(28)9-16)37-27-30-8-7-14(2)34-27/h1,5-11,13,15H,12H2,2-3H3,(H2,29,32,33)/t15-/m0/s1. The number of anilines is 1. The number of aromatic nitrogens is 6. The Morgan fingerprint density at radius 3 is 2.84 bits per heavy atom. The summed E-state index contributed by atoms with van der Waals surface area (Å²) in [4.78, 5) is 21.4. The minimum atomic E-state index is -0.593. The van der Waals surface area contributed by atoms with E-state index in [0.29, 0.717) is 51.5 Å². The first-order chi connectivity index (χ1) is 17.9. The van der Waals surface area contributed by atoms with Crippen LogP contribution in [0.1, 0.15) is 24.4 Å². The molecule has 0 radical (unpaired) electrons. The third kappa shape index (κ3) is 3.68. The molecule has 10 heteroatoms.